The van der Waals surface area contributed by atoms with Crippen molar-refractivity contribution in [2.24, 2.45) is 0 Å². The number of carbonyl (C=O) groups is 2. The molecular formula is C19H21BrN2O3. The predicted molar refractivity (Wildman–Crippen MR) is 103 cm³/mol. The molecule has 0 aromatic heterocycles. The van der Waals surface area contributed by atoms with Gasteiger partial charge >= 0.3 is 0 Å². The Morgan fingerprint density at radius 2 is 1.76 bits per heavy atom. The second kappa shape index (κ2) is 8.67. The topological polar surface area (TPSA) is 67.4 Å². The number of hydrogen-bond acceptors (Lipinski definition) is 3. The largest absolute Gasteiger partial charge is 0.493 e. The second-order valence-corrected chi connectivity index (χ2v) is 6.32. The van der Waals surface area contributed by atoms with E-state index >= 15 is 0 Å². The van der Waals surface area contributed by atoms with Crippen molar-refractivity contribution in [2.75, 3.05) is 17.2 Å². The Labute approximate surface area is 155 Å². The first-order chi connectivity index (χ1) is 12.0. The van der Waals surface area contributed by atoms with Crippen LogP contribution < -0.4 is 15.4 Å². The molecule has 25 heavy (non-hydrogen) atoms. The molecule has 6 heteroatoms. The zero-order valence-corrected chi connectivity index (χ0v) is 16.1. The van der Waals surface area contributed by atoms with E-state index in [0.29, 0.717) is 35.7 Å². The molecule has 0 spiro atoms. The van der Waals surface area contributed by atoms with Gasteiger partial charge in [-0.3, -0.25) is 9.59 Å². The van der Waals surface area contributed by atoms with Crippen LogP contribution in [0.1, 0.15) is 36.2 Å². The third-order valence-electron chi connectivity index (χ3n) is 3.66. The second-order valence-electron chi connectivity index (χ2n) is 5.41. The number of amides is 2. The molecule has 2 rings (SSSR count). The Kier molecular flexibility index (Phi) is 6.58. The van der Waals surface area contributed by atoms with Crippen LogP contribution in [0, 0.1) is 6.92 Å². The number of nitrogens with one attached hydrogen (secondary N) is 2. The van der Waals surface area contributed by atoms with Gasteiger partial charge in [-0.05, 0) is 49.7 Å². The highest BCUT2D eigenvalue weighted by Gasteiger charge is 2.15. The van der Waals surface area contributed by atoms with Crippen molar-refractivity contribution in [1.29, 1.82) is 0 Å². The minimum atomic E-state index is -0.271. The first-order valence-corrected chi connectivity index (χ1v) is 8.88. The van der Waals surface area contributed by atoms with E-state index in [-0.39, 0.29) is 11.8 Å². The van der Waals surface area contributed by atoms with Crippen LogP contribution in [0.25, 0.3) is 0 Å². The maximum absolute atomic E-state index is 12.7. The summed E-state index contributed by atoms with van der Waals surface area (Å²) in [5.41, 5.74) is 2.56. The van der Waals surface area contributed by atoms with E-state index in [1.807, 2.05) is 26.0 Å². The van der Waals surface area contributed by atoms with Gasteiger partial charge in [0.15, 0.2) is 0 Å². The van der Waals surface area contributed by atoms with Crippen LogP contribution >= 0.6 is 15.9 Å². The Balaban J connectivity index is 2.28. The number of hydrogen-bond donors (Lipinski definition) is 2. The molecule has 0 bridgehead atoms. The molecule has 0 unspecified atom stereocenters. The summed E-state index contributed by atoms with van der Waals surface area (Å²) in [5, 5.41) is 5.72. The zero-order chi connectivity index (χ0) is 18.4. The van der Waals surface area contributed by atoms with Gasteiger partial charge < -0.3 is 15.4 Å². The van der Waals surface area contributed by atoms with Crippen LogP contribution in [0.15, 0.2) is 40.9 Å². The summed E-state index contributed by atoms with van der Waals surface area (Å²) >= 11 is 3.38. The lowest BCUT2D eigenvalue weighted by Crippen LogP contribution is -2.16. The van der Waals surface area contributed by atoms with Crippen molar-refractivity contribution >= 4 is 39.1 Å². The minimum absolute atomic E-state index is 0.0720. The molecular weight excluding hydrogens is 384 g/mol. The number of anilines is 2. The molecule has 132 valence electrons. The van der Waals surface area contributed by atoms with E-state index in [2.05, 4.69) is 26.6 Å². The number of ether oxygens (including phenoxy) is 1. The molecule has 5 nitrogen and oxygen atoms in total. The van der Waals surface area contributed by atoms with Gasteiger partial charge in [0.1, 0.15) is 5.75 Å². The monoisotopic (exact) mass is 404 g/mol. The highest BCUT2D eigenvalue weighted by atomic mass is 79.9. The lowest BCUT2D eigenvalue weighted by atomic mass is 10.1. The van der Waals surface area contributed by atoms with Crippen molar-refractivity contribution in [3.63, 3.8) is 0 Å². The van der Waals surface area contributed by atoms with Gasteiger partial charge in [-0.2, -0.15) is 0 Å². The molecule has 2 aromatic carbocycles. The molecule has 0 aliphatic rings. The summed E-state index contributed by atoms with van der Waals surface area (Å²) in [6, 6.07) is 10.7. The Hall–Kier alpha value is -2.34. The van der Waals surface area contributed by atoms with E-state index in [1.165, 1.54) is 0 Å². The molecule has 0 aliphatic heterocycles. The molecule has 2 amide bonds. The molecule has 0 fully saturated rings. The average Bonchev–Trinajstić information content (AvgIpc) is 2.60. The summed E-state index contributed by atoms with van der Waals surface area (Å²) in [5.74, 6) is 0.181. The van der Waals surface area contributed by atoms with E-state index in [1.54, 1.807) is 31.2 Å². The maximum atomic E-state index is 12.7. The quantitative estimate of drug-likeness (QED) is 0.729. The molecule has 0 saturated carbocycles. The van der Waals surface area contributed by atoms with Crippen LogP contribution in [0.2, 0.25) is 0 Å². The number of halogens is 1. The third-order valence-corrected chi connectivity index (χ3v) is 4.16. The zero-order valence-electron chi connectivity index (χ0n) is 14.5. The molecule has 0 aliphatic carbocycles. The molecule has 2 N–H and O–H groups in total. The first-order valence-electron chi connectivity index (χ1n) is 8.09. The highest BCUT2D eigenvalue weighted by molar-refractivity contribution is 9.10. The van der Waals surface area contributed by atoms with Crippen molar-refractivity contribution in [3.8, 4) is 5.75 Å². The van der Waals surface area contributed by atoms with Crippen LogP contribution in [-0.4, -0.2) is 18.4 Å². The summed E-state index contributed by atoms with van der Waals surface area (Å²) < 4.78 is 6.33. The number of benzene rings is 2. The fraction of sp³-hybridized carbons (Fsp3) is 0.263. The third kappa shape index (κ3) is 4.82. The van der Waals surface area contributed by atoms with Crippen LogP contribution in [-0.2, 0) is 4.79 Å². The van der Waals surface area contributed by atoms with Gasteiger partial charge in [0.2, 0.25) is 5.91 Å². The summed E-state index contributed by atoms with van der Waals surface area (Å²) in [7, 11) is 0. The summed E-state index contributed by atoms with van der Waals surface area (Å²) in [6.07, 6.45) is 0.395. The molecule has 0 saturated heterocycles. The van der Waals surface area contributed by atoms with Gasteiger partial charge in [0.05, 0.1) is 12.2 Å². The maximum Gasteiger partial charge on any atom is 0.259 e. The van der Waals surface area contributed by atoms with Gasteiger partial charge in [0.25, 0.3) is 5.91 Å². The lowest BCUT2D eigenvalue weighted by molar-refractivity contribution is -0.115. The molecule has 0 radical (unpaired) electrons. The summed E-state index contributed by atoms with van der Waals surface area (Å²) in [6.45, 7) is 5.98. The van der Waals surface area contributed by atoms with Crippen LogP contribution in [0.4, 0.5) is 11.4 Å². The Bertz CT molecular complexity index is 790. The van der Waals surface area contributed by atoms with Crippen molar-refractivity contribution < 1.29 is 14.3 Å². The Morgan fingerprint density at radius 1 is 1.08 bits per heavy atom. The SMILES string of the molecule is CCOc1ccc(Br)cc1C(=O)Nc1cccc(NC(=O)CC)c1C. The van der Waals surface area contributed by atoms with E-state index in [9.17, 15) is 9.59 Å². The van der Waals surface area contributed by atoms with Crippen molar-refractivity contribution in [2.45, 2.75) is 27.2 Å². The number of rotatable bonds is 6. The van der Waals surface area contributed by atoms with Crippen molar-refractivity contribution in [3.05, 3.63) is 52.0 Å². The van der Waals surface area contributed by atoms with Gasteiger partial charge in [-0.15, -0.1) is 0 Å². The Morgan fingerprint density at radius 3 is 2.40 bits per heavy atom. The van der Waals surface area contributed by atoms with Crippen LogP contribution in [0.3, 0.4) is 0 Å². The highest BCUT2D eigenvalue weighted by Crippen LogP contribution is 2.27. The molecule has 2 aromatic rings. The predicted octanol–water partition coefficient (Wildman–Crippen LogP) is 4.76. The van der Waals surface area contributed by atoms with Gasteiger partial charge in [-0.25, -0.2) is 0 Å². The van der Waals surface area contributed by atoms with E-state index in [0.717, 1.165) is 10.0 Å². The standard InChI is InChI=1S/C19H21BrN2O3/c1-4-18(23)21-15-7-6-8-16(12(15)3)22-19(24)14-11-13(20)9-10-17(14)25-5-2/h6-11H,4-5H2,1-3H3,(H,21,23)(H,22,24). The first kappa shape index (κ1) is 19.0. The van der Waals surface area contributed by atoms with Crippen molar-refractivity contribution in [1.82, 2.24) is 0 Å². The van der Waals surface area contributed by atoms with Crippen LogP contribution in [0.5, 0.6) is 5.75 Å². The minimum Gasteiger partial charge on any atom is -0.493 e. The molecule has 0 heterocycles. The summed E-state index contributed by atoms with van der Waals surface area (Å²) in [4.78, 5) is 24.3. The lowest BCUT2D eigenvalue weighted by Gasteiger charge is -2.15. The van der Waals surface area contributed by atoms with Gasteiger partial charge in [-0.1, -0.05) is 28.9 Å². The smallest absolute Gasteiger partial charge is 0.259 e. The number of carbonyl (C=O) groups excluding carboxylic acids is 2. The molecule has 0 atom stereocenters. The van der Waals surface area contributed by atoms with Gasteiger partial charge in [0, 0.05) is 22.3 Å². The van der Waals surface area contributed by atoms with E-state index < -0.39 is 0 Å². The van der Waals surface area contributed by atoms with E-state index in [4.69, 9.17) is 4.74 Å². The fourth-order valence-corrected chi connectivity index (χ4v) is 2.66. The fourth-order valence-electron chi connectivity index (χ4n) is 2.30. The normalized spacial score (nSPS) is 10.2. The average molecular weight is 405 g/mol.